The molecular formula is C14H14N4O2. The van der Waals surface area contributed by atoms with E-state index in [1.54, 1.807) is 6.92 Å². The Morgan fingerprint density at radius 3 is 2.70 bits per heavy atom. The monoisotopic (exact) mass is 270 g/mol. The van der Waals surface area contributed by atoms with Gasteiger partial charge in [0.15, 0.2) is 0 Å². The number of likely N-dealkylation sites (tertiary alicyclic amines) is 1. The number of aromatic nitrogens is 3. The lowest BCUT2D eigenvalue weighted by Crippen LogP contribution is -2.33. The van der Waals surface area contributed by atoms with E-state index in [9.17, 15) is 9.59 Å². The minimum atomic E-state index is -0.425. The van der Waals surface area contributed by atoms with Crippen molar-refractivity contribution in [2.75, 3.05) is 0 Å². The van der Waals surface area contributed by atoms with E-state index in [4.69, 9.17) is 0 Å². The number of H-pyrrole nitrogens is 1. The SMILES string of the molecule is CC(c1ncn[nH]1)N1C(=O)CC(c2ccccc2)C1=O. The molecule has 0 spiro atoms. The van der Waals surface area contributed by atoms with Crippen LogP contribution in [0.5, 0.6) is 0 Å². The quantitative estimate of drug-likeness (QED) is 0.855. The van der Waals surface area contributed by atoms with Crippen LogP contribution in [-0.2, 0) is 9.59 Å². The van der Waals surface area contributed by atoms with Gasteiger partial charge in [0, 0.05) is 6.42 Å². The Kier molecular flexibility index (Phi) is 3.06. The molecule has 20 heavy (non-hydrogen) atoms. The summed E-state index contributed by atoms with van der Waals surface area (Å²) in [5.74, 6) is -0.229. The molecule has 3 rings (SSSR count). The standard InChI is InChI=1S/C14H14N4O2/c1-9(13-15-8-16-17-13)18-12(19)7-11(14(18)20)10-5-3-2-4-6-10/h2-6,8-9,11H,7H2,1H3,(H,15,16,17). The lowest BCUT2D eigenvalue weighted by atomic mass is 9.98. The fourth-order valence-electron chi connectivity index (χ4n) is 2.54. The first-order chi connectivity index (χ1) is 9.68. The molecule has 1 saturated heterocycles. The molecule has 1 N–H and O–H groups in total. The third-order valence-corrected chi connectivity index (χ3v) is 3.60. The largest absolute Gasteiger partial charge is 0.274 e. The molecular weight excluding hydrogens is 256 g/mol. The number of imide groups is 1. The van der Waals surface area contributed by atoms with Gasteiger partial charge in [-0.05, 0) is 12.5 Å². The van der Waals surface area contributed by atoms with Crippen molar-refractivity contribution in [2.24, 2.45) is 0 Å². The number of carbonyl (C=O) groups is 2. The van der Waals surface area contributed by atoms with Crippen molar-refractivity contribution in [1.82, 2.24) is 20.1 Å². The topological polar surface area (TPSA) is 79.0 Å². The number of nitrogens with zero attached hydrogens (tertiary/aromatic N) is 3. The number of rotatable bonds is 3. The summed E-state index contributed by atoms with van der Waals surface area (Å²) in [5, 5.41) is 6.46. The average molecular weight is 270 g/mol. The summed E-state index contributed by atoms with van der Waals surface area (Å²) >= 11 is 0. The fourth-order valence-corrected chi connectivity index (χ4v) is 2.54. The third-order valence-electron chi connectivity index (χ3n) is 3.60. The van der Waals surface area contributed by atoms with Crippen LogP contribution < -0.4 is 0 Å². The van der Waals surface area contributed by atoms with Gasteiger partial charge in [0.05, 0.1) is 12.0 Å². The molecule has 2 unspecified atom stereocenters. The van der Waals surface area contributed by atoms with Crippen molar-refractivity contribution in [3.05, 3.63) is 48.0 Å². The molecule has 6 nitrogen and oxygen atoms in total. The van der Waals surface area contributed by atoms with E-state index in [2.05, 4.69) is 15.2 Å². The van der Waals surface area contributed by atoms with Gasteiger partial charge in [-0.2, -0.15) is 5.10 Å². The highest BCUT2D eigenvalue weighted by Crippen LogP contribution is 2.34. The number of aromatic amines is 1. The van der Waals surface area contributed by atoms with Crippen LogP contribution in [0, 0.1) is 0 Å². The normalized spacial score (nSPS) is 20.4. The Hall–Kier alpha value is -2.50. The summed E-state index contributed by atoms with van der Waals surface area (Å²) in [6, 6.07) is 8.95. The third kappa shape index (κ3) is 1.99. The molecule has 1 aromatic heterocycles. The van der Waals surface area contributed by atoms with Crippen molar-refractivity contribution >= 4 is 11.8 Å². The second-order valence-electron chi connectivity index (χ2n) is 4.82. The van der Waals surface area contributed by atoms with Crippen molar-refractivity contribution in [2.45, 2.75) is 25.3 Å². The molecule has 1 aromatic carbocycles. The zero-order valence-electron chi connectivity index (χ0n) is 11.0. The number of hydrogen-bond acceptors (Lipinski definition) is 4. The van der Waals surface area contributed by atoms with E-state index >= 15 is 0 Å². The van der Waals surface area contributed by atoms with Crippen LogP contribution in [0.25, 0.3) is 0 Å². The molecule has 0 saturated carbocycles. The van der Waals surface area contributed by atoms with Gasteiger partial charge in [-0.1, -0.05) is 30.3 Å². The van der Waals surface area contributed by atoms with E-state index in [0.29, 0.717) is 5.82 Å². The summed E-state index contributed by atoms with van der Waals surface area (Å²) in [5.41, 5.74) is 0.873. The van der Waals surface area contributed by atoms with Gasteiger partial charge in [0.1, 0.15) is 12.2 Å². The van der Waals surface area contributed by atoms with Crippen LogP contribution in [0.3, 0.4) is 0 Å². The first-order valence-electron chi connectivity index (χ1n) is 6.44. The van der Waals surface area contributed by atoms with Gasteiger partial charge < -0.3 is 0 Å². The maximum absolute atomic E-state index is 12.5. The average Bonchev–Trinajstić information content (AvgIpc) is 3.08. The van der Waals surface area contributed by atoms with Crippen LogP contribution in [-0.4, -0.2) is 31.9 Å². The van der Waals surface area contributed by atoms with Gasteiger partial charge in [0.25, 0.3) is 0 Å². The Morgan fingerprint density at radius 2 is 2.05 bits per heavy atom. The summed E-state index contributed by atoms with van der Waals surface area (Å²) in [6.45, 7) is 1.77. The summed E-state index contributed by atoms with van der Waals surface area (Å²) < 4.78 is 0. The minimum Gasteiger partial charge on any atom is -0.274 e. The molecule has 0 radical (unpaired) electrons. The van der Waals surface area contributed by atoms with Gasteiger partial charge in [-0.25, -0.2) is 4.98 Å². The first-order valence-corrected chi connectivity index (χ1v) is 6.44. The molecule has 0 aliphatic carbocycles. The first kappa shape index (κ1) is 12.5. The Labute approximate surface area is 115 Å². The zero-order chi connectivity index (χ0) is 14.1. The molecule has 2 heterocycles. The van der Waals surface area contributed by atoms with Crippen molar-refractivity contribution in [3.8, 4) is 0 Å². The lowest BCUT2D eigenvalue weighted by Gasteiger charge is -2.20. The fraction of sp³-hybridized carbons (Fsp3) is 0.286. The Balaban J connectivity index is 1.88. The molecule has 1 fully saturated rings. The molecule has 2 amide bonds. The van der Waals surface area contributed by atoms with Crippen molar-refractivity contribution in [3.63, 3.8) is 0 Å². The molecule has 102 valence electrons. The van der Waals surface area contributed by atoms with Crippen LogP contribution in [0.4, 0.5) is 0 Å². The van der Waals surface area contributed by atoms with Crippen molar-refractivity contribution in [1.29, 1.82) is 0 Å². The summed E-state index contributed by atoms with van der Waals surface area (Å²) in [6.07, 6.45) is 1.58. The molecule has 2 atom stereocenters. The minimum absolute atomic E-state index is 0.173. The van der Waals surface area contributed by atoms with Crippen molar-refractivity contribution < 1.29 is 9.59 Å². The molecule has 6 heteroatoms. The molecule has 1 aliphatic heterocycles. The number of nitrogens with one attached hydrogen (secondary N) is 1. The summed E-state index contributed by atoms with van der Waals surface area (Å²) in [4.78, 5) is 29.9. The Bertz CT molecular complexity index is 624. The highest BCUT2D eigenvalue weighted by molar-refractivity contribution is 6.06. The van der Waals surface area contributed by atoms with E-state index in [1.165, 1.54) is 11.2 Å². The highest BCUT2D eigenvalue weighted by Gasteiger charge is 2.42. The van der Waals surface area contributed by atoms with E-state index in [-0.39, 0.29) is 18.2 Å². The van der Waals surface area contributed by atoms with Crippen LogP contribution in [0.2, 0.25) is 0 Å². The van der Waals surface area contributed by atoms with Gasteiger partial charge in [0.2, 0.25) is 11.8 Å². The van der Waals surface area contributed by atoms with E-state index < -0.39 is 12.0 Å². The van der Waals surface area contributed by atoms with Crippen LogP contribution >= 0.6 is 0 Å². The molecule has 0 bridgehead atoms. The Morgan fingerprint density at radius 1 is 1.30 bits per heavy atom. The zero-order valence-corrected chi connectivity index (χ0v) is 11.0. The smallest absolute Gasteiger partial charge is 0.237 e. The number of benzene rings is 1. The molecule has 1 aliphatic rings. The second-order valence-corrected chi connectivity index (χ2v) is 4.82. The summed E-state index contributed by atoms with van der Waals surface area (Å²) in [7, 11) is 0. The second kappa shape index (κ2) is 4.88. The number of hydrogen-bond donors (Lipinski definition) is 1. The highest BCUT2D eigenvalue weighted by atomic mass is 16.2. The van der Waals surface area contributed by atoms with Gasteiger partial charge in [-0.15, -0.1) is 0 Å². The number of amides is 2. The lowest BCUT2D eigenvalue weighted by molar-refractivity contribution is -0.141. The van der Waals surface area contributed by atoms with Gasteiger partial charge in [-0.3, -0.25) is 19.6 Å². The predicted octanol–water partition coefficient (Wildman–Crippen LogP) is 1.41. The molecule has 2 aromatic rings. The van der Waals surface area contributed by atoms with E-state index in [1.807, 2.05) is 30.3 Å². The maximum atomic E-state index is 12.5. The van der Waals surface area contributed by atoms with Crippen LogP contribution in [0.1, 0.15) is 36.7 Å². The number of carbonyl (C=O) groups excluding carboxylic acids is 2. The van der Waals surface area contributed by atoms with Gasteiger partial charge >= 0.3 is 0 Å². The maximum Gasteiger partial charge on any atom is 0.237 e. The van der Waals surface area contributed by atoms with Crippen LogP contribution in [0.15, 0.2) is 36.7 Å². The van der Waals surface area contributed by atoms with E-state index in [0.717, 1.165) is 5.56 Å². The predicted molar refractivity (Wildman–Crippen MR) is 70.5 cm³/mol.